The minimum absolute atomic E-state index is 0.299. The van der Waals surface area contributed by atoms with Gasteiger partial charge in [-0.25, -0.2) is 4.79 Å². The van der Waals surface area contributed by atoms with Crippen molar-refractivity contribution in [3.8, 4) is 0 Å². The Bertz CT molecular complexity index is 249. The Kier molecular flexibility index (Phi) is 1.64. The summed E-state index contributed by atoms with van der Waals surface area (Å²) in [6, 6.07) is 0. The Morgan fingerprint density at radius 2 is 1.92 bits per heavy atom. The SMILES string of the molecule is CC1(C)NC(C)(C(=O)O)NC1=O. The van der Waals surface area contributed by atoms with Gasteiger partial charge in [0.25, 0.3) is 0 Å². The topological polar surface area (TPSA) is 78.4 Å². The van der Waals surface area contributed by atoms with Gasteiger partial charge in [-0.2, -0.15) is 0 Å². The molecule has 0 aromatic rings. The zero-order valence-electron chi connectivity index (χ0n) is 7.26. The third-order valence-corrected chi connectivity index (χ3v) is 1.92. The lowest BCUT2D eigenvalue weighted by molar-refractivity contribution is -0.145. The fourth-order valence-electron chi connectivity index (χ4n) is 1.20. The molecule has 1 fully saturated rings. The summed E-state index contributed by atoms with van der Waals surface area (Å²) in [5.74, 6) is -1.38. The molecule has 5 heteroatoms. The van der Waals surface area contributed by atoms with E-state index in [2.05, 4.69) is 10.6 Å². The van der Waals surface area contributed by atoms with Gasteiger partial charge in [0.15, 0.2) is 5.66 Å². The van der Waals surface area contributed by atoms with Crippen LogP contribution in [0.4, 0.5) is 0 Å². The van der Waals surface area contributed by atoms with Crippen LogP contribution in [0.5, 0.6) is 0 Å². The summed E-state index contributed by atoms with van der Waals surface area (Å²) in [4.78, 5) is 21.9. The molecule has 1 amide bonds. The standard InChI is InChI=1S/C7H12N2O3/c1-6(2)4(10)8-7(3,9-6)5(11)12/h9H,1-3H3,(H,8,10)(H,11,12). The highest BCUT2D eigenvalue weighted by Crippen LogP contribution is 2.17. The van der Waals surface area contributed by atoms with Crippen molar-refractivity contribution in [2.24, 2.45) is 0 Å². The number of hydrogen-bond acceptors (Lipinski definition) is 3. The number of carboxylic acids is 1. The minimum Gasteiger partial charge on any atom is -0.478 e. The number of amides is 1. The summed E-state index contributed by atoms with van der Waals surface area (Å²) in [5.41, 5.74) is -2.15. The summed E-state index contributed by atoms with van der Waals surface area (Å²) in [6.45, 7) is 4.69. The summed E-state index contributed by atoms with van der Waals surface area (Å²) in [5, 5.41) is 13.8. The first-order chi connectivity index (χ1) is 5.28. The van der Waals surface area contributed by atoms with Gasteiger partial charge in [-0.05, 0) is 20.8 Å². The van der Waals surface area contributed by atoms with E-state index in [1.54, 1.807) is 13.8 Å². The first-order valence-corrected chi connectivity index (χ1v) is 3.63. The molecule has 0 saturated carbocycles. The second kappa shape index (κ2) is 2.20. The number of nitrogens with one attached hydrogen (secondary N) is 2. The molecule has 0 aromatic carbocycles. The maximum Gasteiger partial charge on any atom is 0.344 e. The molecule has 1 unspecified atom stereocenters. The van der Waals surface area contributed by atoms with Crippen LogP contribution in [-0.2, 0) is 9.59 Å². The average Bonchev–Trinajstić information content (AvgIpc) is 2.03. The number of rotatable bonds is 1. The van der Waals surface area contributed by atoms with Gasteiger partial charge < -0.3 is 10.4 Å². The third kappa shape index (κ3) is 1.16. The van der Waals surface area contributed by atoms with Gasteiger partial charge in [-0.1, -0.05) is 0 Å². The monoisotopic (exact) mass is 172 g/mol. The maximum atomic E-state index is 11.2. The molecule has 0 radical (unpaired) electrons. The highest BCUT2D eigenvalue weighted by molar-refractivity contribution is 5.95. The summed E-state index contributed by atoms with van der Waals surface area (Å²) in [7, 11) is 0. The van der Waals surface area contributed by atoms with Crippen molar-refractivity contribution in [3.63, 3.8) is 0 Å². The van der Waals surface area contributed by atoms with E-state index in [0.29, 0.717) is 0 Å². The number of aliphatic carboxylic acids is 1. The van der Waals surface area contributed by atoms with E-state index < -0.39 is 17.2 Å². The van der Waals surface area contributed by atoms with Crippen LogP contribution in [-0.4, -0.2) is 28.2 Å². The fraction of sp³-hybridized carbons (Fsp3) is 0.714. The molecular formula is C7H12N2O3. The third-order valence-electron chi connectivity index (χ3n) is 1.92. The van der Waals surface area contributed by atoms with Gasteiger partial charge in [0, 0.05) is 0 Å². The van der Waals surface area contributed by atoms with Crippen LogP contribution in [0.3, 0.4) is 0 Å². The molecule has 1 atom stereocenters. The van der Waals surface area contributed by atoms with Crippen LogP contribution in [0, 0.1) is 0 Å². The van der Waals surface area contributed by atoms with Crippen LogP contribution in [0.25, 0.3) is 0 Å². The lowest BCUT2D eigenvalue weighted by Gasteiger charge is -2.21. The summed E-state index contributed by atoms with van der Waals surface area (Å²) in [6.07, 6.45) is 0. The number of hydrogen-bond donors (Lipinski definition) is 3. The van der Waals surface area contributed by atoms with Gasteiger partial charge in [0.05, 0.1) is 5.54 Å². The molecular weight excluding hydrogens is 160 g/mol. The zero-order valence-corrected chi connectivity index (χ0v) is 7.26. The smallest absolute Gasteiger partial charge is 0.344 e. The normalized spacial score (nSPS) is 33.1. The fourth-order valence-corrected chi connectivity index (χ4v) is 1.20. The zero-order chi connectivity index (χ0) is 9.57. The molecule has 1 aliphatic heterocycles. The van der Waals surface area contributed by atoms with Crippen molar-refractivity contribution >= 4 is 11.9 Å². The van der Waals surface area contributed by atoms with Crippen molar-refractivity contribution in [2.45, 2.75) is 32.0 Å². The van der Waals surface area contributed by atoms with E-state index in [-0.39, 0.29) is 5.91 Å². The molecule has 0 aliphatic carbocycles. The van der Waals surface area contributed by atoms with Crippen molar-refractivity contribution < 1.29 is 14.7 Å². The number of carbonyl (C=O) groups excluding carboxylic acids is 1. The van der Waals surface area contributed by atoms with Crippen LogP contribution < -0.4 is 10.6 Å². The Balaban J connectivity index is 2.92. The molecule has 0 spiro atoms. The van der Waals surface area contributed by atoms with Crippen molar-refractivity contribution in [1.29, 1.82) is 0 Å². The van der Waals surface area contributed by atoms with Crippen LogP contribution in [0.1, 0.15) is 20.8 Å². The molecule has 0 aromatic heterocycles. The van der Waals surface area contributed by atoms with E-state index >= 15 is 0 Å². The molecule has 1 rings (SSSR count). The summed E-state index contributed by atoms with van der Waals surface area (Å²) < 4.78 is 0. The summed E-state index contributed by atoms with van der Waals surface area (Å²) >= 11 is 0. The maximum absolute atomic E-state index is 11.2. The molecule has 1 heterocycles. The van der Waals surface area contributed by atoms with Crippen molar-refractivity contribution in [2.75, 3.05) is 0 Å². The Morgan fingerprint density at radius 1 is 1.42 bits per heavy atom. The van der Waals surface area contributed by atoms with Crippen LogP contribution >= 0.6 is 0 Å². The van der Waals surface area contributed by atoms with Crippen molar-refractivity contribution in [3.05, 3.63) is 0 Å². The Labute approximate surface area is 70.1 Å². The minimum atomic E-state index is -1.33. The lowest BCUT2D eigenvalue weighted by atomic mass is 10.1. The molecule has 1 saturated heterocycles. The van der Waals surface area contributed by atoms with Gasteiger partial charge >= 0.3 is 5.97 Å². The predicted octanol–water partition coefficient (Wildman–Crippen LogP) is -0.715. The second-order valence-electron chi connectivity index (χ2n) is 3.63. The van der Waals surface area contributed by atoms with E-state index in [1.807, 2.05) is 0 Å². The molecule has 5 nitrogen and oxygen atoms in total. The lowest BCUT2D eigenvalue weighted by Crippen LogP contribution is -2.55. The average molecular weight is 172 g/mol. The van der Waals surface area contributed by atoms with Gasteiger partial charge in [-0.3, -0.25) is 10.1 Å². The molecule has 68 valence electrons. The Hall–Kier alpha value is -1.10. The predicted molar refractivity (Wildman–Crippen MR) is 41.4 cm³/mol. The molecule has 12 heavy (non-hydrogen) atoms. The van der Waals surface area contributed by atoms with Crippen LogP contribution in [0.15, 0.2) is 0 Å². The van der Waals surface area contributed by atoms with E-state index in [0.717, 1.165) is 0 Å². The van der Waals surface area contributed by atoms with E-state index in [4.69, 9.17) is 5.11 Å². The molecule has 3 N–H and O–H groups in total. The Morgan fingerprint density at radius 3 is 2.08 bits per heavy atom. The highest BCUT2D eigenvalue weighted by atomic mass is 16.4. The van der Waals surface area contributed by atoms with Crippen LogP contribution in [0.2, 0.25) is 0 Å². The highest BCUT2D eigenvalue weighted by Gasteiger charge is 2.49. The quantitative estimate of drug-likeness (QED) is 0.488. The first-order valence-electron chi connectivity index (χ1n) is 3.63. The molecule has 0 bridgehead atoms. The first kappa shape index (κ1) is 8.99. The van der Waals surface area contributed by atoms with Gasteiger partial charge in [0.2, 0.25) is 5.91 Å². The van der Waals surface area contributed by atoms with E-state index in [9.17, 15) is 9.59 Å². The largest absolute Gasteiger partial charge is 0.478 e. The number of carboxylic acid groups (broad SMARTS) is 1. The number of carbonyl (C=O) groups is 2. The second-order valence-corrected chi connectivity index (χ2v) is 3.63. The van der Waals surface area contributed by atoms with Gasteiger partial charge in [0.1, 0.15) is 0 Å². The van der Waals surface area contributed by atoms with Crippen molar-refractivity contribution in [1.82, 2.24) is 10.6 Å². The molecule has 1 aliphatic rings. The van der Waals surface area contributed by atoms with E-state index in [1.165, 1.54) is 6.92 Å². The van der Waals surface area contributed by atoms with Gasteiger partial charge in [-0.15, -0.1) is 0 Å².